The molecule has 0 radical (unpaired) electrons. The summed E-state index contributed by atoms with van der Waals surface area (Å²) in [4.78, 5) is 12.8. The van der Waals surface area contributed by atoms with Gasteiger partial charge in [0, 0.05) is 6.54 Å². The lowest BCUT2D eigenvalue weighted by molar-refractivity contribution is -0.269. The molecule has 4 nitrogen and oxygen atoms in total. The second-order valence-corrected chi connectivity index (χ2v) is 5.98. The van der Waals surface area contributed by atoms with E-state index in [1.807, 2.05) is 0 Å². The standard InChI is InChI=1S/C12H20F3NO3/c1-10(2,3)19-9(17)16-7-5-6-8(16)11(4,18)12(13,14)15/h8,18H,5-7H2,1-4H3/t8-,11-/m1/s1. The number of aliphatic hydroxyl groups is 1. The molecule has 1 rings (SSSR count). The first-order valence-corrected chi connectivity index (χ1v) is 6.15. The molecular weight excluding hydrogens is 263 g/mol. The molecule has 0 bridgehead atoms. The van der Waals surface area contributed by atoms with Gasteiger partial charge in [-0.2, -0.15) is 13.2 Å². The smallest absolute Gasteiger partial charge is 0.418 e. The van der Waals surface area contributed by atoms with E-state index >= 15 is 0 Å². The van der Waals surface area contributed by atoms with E-state index in [0.717, 1.165) is 4.90 Å². The quantitative estimate of drug-likeness (QED) is 0.805. The van der Waals surface area contributed by atoms with Crippen LogP contribution >= 0.6 is 0 Å². The number of nitrogens with zero attached hydrogens (tertiary/aromatic N) is 1. The molecule has 1 saturated heterocycles. The Hall–Kier alpha value is -0.980. The lowest BCUT2D eigenvalue weighted by atomic mass is 9.94. The maximum absolute atomic E-state index is 12.8. The predicted octanol–water partition coefficient (Wildman–Crippen LogP) is 2.70. The third-order valence-electron chi connectivity index (χ3n) is 3.10. The highest BCUT2D eigenvalue weighted by Gasteiger charge is 2.58. The first kappa shape index (κ1) is 16.1. The molecule has 0 spiro atoms. The number of hydrogen-bond acceptors (Lipinski definition) is 3. The lowest BCUT2D eigenvalue weighted by Gasteiger charge is -2.38. The lowest BCUT2D eigenvalue weighted by Crippen LogP contribution is -2.58. The van der Waals surface area contributed by atoms with Crippen LogP contribution in [0.4, 0.5) is 18.0 Å². The first-order valence-electron chi connectivity index (χ1n) is 6.15. The molecular formula is C12H20F3NO3. The Morgan fingerprint density at radius 1 is 1.26 bits per heavy atom. The maximum atomic E-state index is 12.8. The Labute approximate surface area is 110 Å². The van der Waals surface area contributed by atoms with Gasteiger partial charge >= 0.3 is 12.3 Å². The van der Waals surface area contributed by atoms with Crippen molar-refractivity contribution in [2.24, 2.45) is 0 Å². The summed E-state index contributed by atoms with van der Waals surface area (Å²) in [6, 6.07) is -1.30. The van der Waals surface area contributed by atoms with Gasteiger partial charge in [-0.05, 0) is 40.5 Å². The van der Waals surface area contributed by atoms with Gasteiger partial charge in [0.15, 0.2) is 5.60 Å². The normalized spacial score (nSPS) is 24.2. The van der Waals surface area contributed by atoms with Crippen LogP contribution < -0.4 is 0 Å². The van der Waals surface area contributed by atoms with E-state index in [1.54, 1.807) is 20.8 Å². The molecule has 19 heavy (non-hydrogen) atoms. The zero-order chi connectivity index (χ0) is 15.1. The SMILES string of the molecule is CC(C)(C)OC(=O)N1CCC[C@@H]1[C@@](C)(O)C(F)(F)F. The predicted molar refractivity (Wildman–Crippen MR) is 62.6 cm³/mol. The van der Waals surface area contributed by atoms with Crippen LogP contribution in [0.3, 0.4) is 0 Å². The number of hydrogen-bond donors (Lipinski definition) is 1. The van der Waals surface area contributed by atoms with Gasteiger partial charge in [-0.15, -0.1) is 0 Å². The van der Waals surface area contributed by atoms with E-state index in [4.69, 9.17) is 4.74 Å². The summed E-state index contributed by atoms with van der Waals surface area (Å²) in [5.74, 6) is 0. The average molecular weight is 283 g/mol. The minimum Gasteiger partial charge on any atom is -0.444 e. The summed E-state index contributed by atoms with van der Waals surface area (Å²) < 4.78 is 43.6. The van der Waals surface area contributed by atoms with Crippen LogP contribution in [0.2, 0.25) is 0 Å². The van der Waals surface area contributed by atoms with Gasteiger partial charge < -0.3 is 14.7 Å². The van der Waals surface area contributed by atoms with Crippen molar-refractivity contribution in [1.29, 1.82) is 0 Å². The summed E-state index contributed by atoms with van der Waals surface area (Å²) in [6.45, 7) is 5.76. The zero-order valence-electron chi connectivity index (χ0n) is 11.5. The topological polar surface area (TPSA) is 49.8 Å². The highest BCUT2D eigenvalue weighted by atomic mass is 19.4. The van der Waals surface area contributed by atoms with E-state index < -0.39 is 29.5 Å². The number of carbonyl (C=O) groups excluding carboxylic acids is 1. The fourth-order valence-corrected chi connectivity index (χ4v) is 2.08. The molecule has 0 aliphatic carbocycles. The number of alkyl halides is 3. The first-order chi connectivity index (χ1) is 8.36. The molecule has 1 heterocycles. The summed E-state index contributed by atoms with van der Waals surface area (Å²) in [5.41, 5.74) is -3.71. The number of likely N-dealkylation sites (tertiary alicyclic amines) is 1. The highest BCUT2D eigenvalue weighted by Crippen LogP contribution is 2.39. The Morgan fingerprint density at radius 3 is 2.21 bits per heavy atom. The summed E-state index contributed by atoms with van der Waals surface area (Å²) in [7, 11) is 0. The minimum atomic E-state index is -4.79. The van der Waals surface area contributed by atoms with Crippen molar-refractivity contribution in [1.82, 2.24) is 4.90 Å². The number of rotatable bonds is 1. The third-order valence-corrected chi connectivity index (χ3v) is 3.10. The van der Waals surface area contributed by atoms with E-state index in [1.165, 1.54) is 0 Å². The Balaban J connectivity index is 2.89. The molecule has 1 aliphatic heterocycles. The third kappa shape index (κ3) is 3.52. The largest absolute Gasteiger partial charge is 0.444 e. The second kappa shape index (κ2) is 4.85. The zero-order valence-corrected chi connectivity index (χ0v) is 11.5. The van der Waals surface area contributed by atoms with Crippen LogP contribution in [-0.4, -0.2) is 46.1 Å². The molecule has 0 unspecified atom stereocenters. The van der Waals surface area contributed by atoms with Crippen LogP contribution in [0.15, 0.2) is 0 Å². The molecule has 0 aromatic heterocycles. The summed E-state index contributed by atoms with van der Waals surface area (Å²) in [6.07, 6.45) is -5.09. The average Bonchev–Trinajstić information content (AvgIpc) is 2.60. The molecule has 7 heteroatoms. The number of halogens is 3. The summed E-state index contributed by atoms with van der Waals surface area (Å²) in [5, 5.41) is 9.69. The van der Waals surface area contributed by atoms with E-state index in [-0.39, 0.29) is 13.0 Å². The molecule has 1 fully saturated rings. The number of carbonyl (C=O) groups is 1. The van der Waals surface area contributed by atoms with Crippen LogP contribution in [0.25, 0.3) is 0 Å². The molecule has 1 aliphatic rings. The Bertz CT molecular complexity index is 347. The van der Waals surface area contributed by atoms with Crippen molar-refractivity contribution in [3.8, 4) is 0 Å². The Morgan fingerprint density at radius 2 is 1.79 bits per heavy atom. The van der Waals surface area contributed by atoms with Gasteiger partial charge in [0.2, 0.25) is 0 Å². The van der Waals surface area contributed by atoms with Crippen molar-refractivity contribution in [2.45, 2.75) is 64.0 Å². The van der Waals surface area contributed by atoms with Gasteiger partial charge in [0.25, 0.3) is 0 Å². The highest BCUT2D eigenvalue weighted by molar-refractivity contribution is 5.69. The Kier molecular flexibility index (Phi) is 4.10. The molecule has 0 aromatic carbocycles. The second-order valence-electron chi connectivity index (χ2n) is 5.98. The maximum Gasteiger partial charge on any atom is 0.418 e. The molecule has 112 valence electrons. The van der Waals surface area contributed by atoms with Crippen LogP contribution in [0.1, 0.15) is 40.5 Å². The van der Waals surface area contributed by atoms with E-state index in [0.29, 0.717) is 13.3 Å². The number of ether oxygens (including phenoxy) is 1. The minimum absolute atomic E-state index is 0.103. The van der Waals surface area contributed by atoms with Crippen molar-refractivity contribution >= 4 is 6.09 Å². The van der Waals surface area contributed by atoms with Crippen molar-refractivity contribution in [3.05, 3.63) is 0 Å². The number of amides is 1. The van der Waals surface area contributed by atoms with Gasteiger partial charge in [0.05, 0.1) is 6.04 Å². The summed E-state index contributed by atoms with van der Waals surface area (Å²) >= 11 is 0. The molecule has 0 aromatic rings. The van der Waals surface area contributed by atoms with Crippen LogP contribution in [0.5, 0.6) is 0 Å². The molecule has 0 saturated carbocycles. The van der Waals surface area contributed by atoms with E-state index in [9.17, 15) is 23.1 Å². The van der Waals surface area contributed by atoms with Crippen LogP contribution in [0, 0.1) is 0 Å². The van der Waals surface area contributed by atoms with Crippen molar-refractivity contribution in [3.63, 3.8) is 0 Å². The monoisotopic (exact) mass is 283 g/mol. The van der Waals surface area contributed by atoms with Crippen LogP contribution in [-0.2, 0) is 4.74 Å². The fourth-order valence-electron chi connectivity index (χ4n) is 2.08. The van der Waals surface area contributed by atoms with Gasteiger partial charge in [-0.3, -0.25) is 0 Å². The molecule has 1 N–H and O–H groups in total. The molecule has 1 amide bonds. The van der Waals surface area contributed by atoms with Gasteiger partial charge in [0.1, 0.15) is 5.60 Å². The van der Waals surface area contributed by atoms with Crippen molar-refractivity contribution in [2.75, 3.05) is 6.54 Å². The van der Waals surface area contributed by atoms with Gasteiger partial charge in [-0.25, -0.2) is 4.79 Å². The van der Waals surface area contributed by atoms with Gasteiger partial charge in [-0.1, -0.05) is 0 Å². The van der Waals surface area contributed by atoms with Crippen molar-refractivity contribution < 1.29 is 27.8 Å². The molecule has 2 atom stereocenters. The van der Waals surface area contributed by atoms with E-state index in [2.05, 4.69) is 0 Å². The fraction of sp³-hybridized carbons (Fsp3) is 0.917.